The Morgan fingerprint density at radius 3 is 2.52 bits per heavy atom. The van der Waals surface area contributed by atoms with E-state index in [0.29, 0.717) is 30.9 Å². The van der Waals surface area contributed by atoms with Gasteiger partial charge in [0.15, 0.2) is 21.3 Å². The number of rotatable bonds is 6. The molecule has 0 saturated carbocycles. The molecule has 0 N–H and O–H groups in total. The summed E-state index contributed by atoms with van der Waals surface area (Å²) in [6.07, 6.45) is 3.83. The third-order valence-corrected chi connectivity index (χ3v) is 8.65. The van der Waals surface area contributed by atoms with E-state index in [9.17, 15) is 18.0 Å². The fraction of sp³-hybridized carbons (Fsp3) is 0.345. The molecule has 11 nitrogen and oxygen atoms in total. The van der Waals surface area contributed by atoms with Gasteiger partial charge in [-0.05, 0) is 42.7 Å². The Kier molecular flexibility index (Phi) is 7.48. The number of nitrogens with zero attached hydrogens (tertiary/aromatic N) is 7. The van der Waals surface area contributed by atoms with Crippen LogP contribution < -0.4 is 10.6 Å². The van der Waals surface area contributed by atoms with Gasteiger partial charge < -0.3 is 9.80 Å². The van der Waals surface area contributed by atoms with Crippen molar-refractivity contribution in [1.29, 1.82) is 0 Å². The maximum atomic E-state index is 15.8. The van der Waals surface area contributed by atoms with Crippen LogP contribution in [0.25, 0.3) is 28.1 Å². The highest BCUT2D eigenvalue weighted by atomic mass is 32.2. The number of amides is 1. The van der Waals surface area contributed by atoms with Crippen molar-refractivity contribution >= 4 is 32.6 Å². The number of hydrogen-bond acceptors (Lipinski definition) is 8. The number of anilines is 1. The number of aryl methyl sites for hydroxylation is 1. The van der Waals surface area contributed by atoms with Crippen LogP contribution in [0.3, 0.4) is 0 Å². The van der Waals surface area contributed by atoms with Gasteiger partial charge in [0, 0.05) is 45.2 Å². The molecule has 4 heterocycles. The van der Waals surface area contributed by atoms with Gasteiger partial charge in [-0.1, -0.05) is 32.6 Å². The van der Waals surface area contributed by atoms with E-state index in [0.717, 1.165) is 6.26 Å². The molecule has 1 saturated heterocycles. The van der Waals surface area contributed by atoms with Gasteiger partial charge in [-0.25, -0.2) is 27.2 Å². The Bertz CT molecular complexity index is 1900. The predicted molar refractivity (Wildman–Crippen MR) is 158 cm³/mol. The molecule has 1 atom stereocenters. The van der Waals surface area contributed by atoms with Crippen molar-refractivity contribution in [3.05, 3.63) is 71.0 Å². The monoisotopic (exact) mass is 593 g/mol. The minimum Gasteiger partial charge on any atom is -0.350 e. The van der Waals surface area contributed by atoms with Crippen molar-refractivity contribution < 1.29 is 17.6 Å². The summed E-state index contributed by atoms with van der Waals surface area (Å²) >= 11 is 0. The number of piperazine rings is 1. The van der Waals surface area contributed by atoms with Crippen LogP contribution in [0.15, 0.2) is 58.9 Å². The molecule has 42 heavy (non-hydrogen) atoms. The minimum atomic E-state index is -3.81. The summed E-state index contributed by atoms with van der Waals surface area (Å²) in [5.74, 6) is -0.832. The summed E-state index contributed by atoms with van der Waals surface area (Å²) in [5.41, 5.74) is 0.338. The smallest absolute Gasteiger partial charge is 0.350 e. The number of carbonyl (C=O) groups excluding carboxylic acids is 1. The molecule has 0 aliphatic carbocycles. The highest BCUT2D eigenvalue weighted by Gasteiger charge is 2.31. The van der Waals surface area contributed by atoms with E-state index in [1.165, 1.54) is 33.7 Å². The highest BCUT2D eigenvalue weighted by molar-refractivity contribution is 7.90. The van der Waals surface area contributed by atoms with Gasteiger partial charge in [-0.2, -0.15) is 10.1 Å². The summed E-state index contributed by atoms with van der Waals surface area (Å²) in [4.78, 5) is 38.8. The topological polar surface area (TPSA) is 123 Å². The fourth-order valence-corrected chi connectivity index (χ4v) is 6.34. The van der Waals surface area contributed by atoms with Gasteiger partial charge in [-0.15, -0.1) is 0 Å². The Morgan fingerprint density at radius 2 is 1.93 bits per heavy atom. The summed E-state index contributed by atoms with van der Waals surface area (Å²) in [7, 11) is -2.16. The Hall–Kier alpha value is -4.39. The van der Waals surface area contributed by atoms with Crippen LogP contribution >= 0.6 is 0 Å². The molecular weight excluding hydrogens is 561 g/mol. The van der Waals surface area contributed by atoms with Crippen LogP contribution in [0.5, 0.6) is 0 Å². The third-order valence-electron chi connectivity index (χ3n) is 7.53. The number of benzene rings is 1. The fourth-order valence-electron chi connectivity index (χ4n) is 5.46. The Morgan fingerprint density at radius 1 is 1.19 bits per heavy atom. The highest BCUT2D eigenvalue weighted by Crippen LogP contribution is 2.35. The number of hydrogen-bond donors (Lipinski definition) is 0. The van der Waals surface area contributed by atoms with Gasteiger partial charge in [0.2, 0.25) is 5.91 Å². The standard InChI is InChI=1S/C29H32FN7O4S/c1-7-24(38)35-13-14-36(18(4)16-35)27-20-15-21(30)25(22-11-12-31-34(22)5)32-28(20)37(29(39)33-27)26-19(17(2)3)9-8-10-23(26)42(6,40)41/h7-12,15,17-18H,1,13-14,16H2,2-6H3/t18-/m0/s1. The quantitative estimate of drug-likeness (QED) is 0.313. The van der Waals surface area contributed by atoms with Crippen LogP contribution in [0.2, 0.25) is 0 Å². The van der Waals surface area contributed by atoms with E-state index in [1.807, 2.05) is 25.7 Å². The first kappa shape index (κ1) is 29.1. The molecular formula is C29H32FN7O4S. The maximum absolute atomic E-state index is 15.8. The lowest BCUT2D eigenvalue weighted by Gasteiger charge is -2.40. The molecule has 5 rings (SSSR count). The van der Waals surface area contributed by atoms with Crippen LogP contribution in [-0.2, 0) is 21.7 Å². The van der Waals surface area contributed by atoms with E-state index in [2.05, 4.69) is 21.6 Å². The minimum absolute atomic E-state index is 0.0508. The van der Waals surface area contributed by atoms with Crippen molar-refractivity contribution in [3.63, 3.8) is 0 Å². The maximum Gasteiger partial charge on any atom is 0.355 e. The number of carbonyl (C=O) groups is 1. The largest absolute Gasteiger partial charge is 0.355 e. The second kappa shape index (κ2) is 10.8. The van der Waals surface area contributed by atoms with E-state index in [4.69, 9.17) is 0 Å². The first-order valence-electron chi connectivity index (χ1n) is 13.5. The molecule has 220 valence electrons. The molecule has 13 heteroatoms. The molecule has 0 unspecified atom stereocenters. The molecule has 4 aromatic rings. The van der Waals surface area contributed by atoms with Crippen LogP contribution in [-0.4, -0.2) is 75.5 Å². The van der Waals surface area contributed by atoms with Crippen LogP contribution in [0, 0.1) is 5.82 Å². The number of pyridine rings is 1. The van der Waals surface area contributed by atoms with Gasteiger partial charge in [-0.3, -0.25) is 9.48 Å². The summed E-state index contributed by atoms with van der Waals surface area (Å²) in [6.45, 7) is 10.2. The second-order valence-corrected chi connectivity index (χ2v) is 12.7. The number of para-hydroxylation sites is 1. The van der Waals surface area contributed by atoms with E-state index >= 15 is 4.39 Å². The molecule has 0 radical (unpaired) electrons. The lowest BCUT2D eigenvalue weighted by atomic mass is 10.0. The molecule has 1 aromatic carbocycles. The molecule has 1 fully saturated rings. The average molecular weight is 594 g/mol. The van der Waals surface area contributed by atoms with Crippen molar-refractivity contribution in [2.24, 2.45) is 7.05 Å². The van der Waals surface area contributed by atoms with Crippen molar-refractivity contribution in [3.8, 4) is 17.1 Å². The molecule has 3 aromatic heterocycles. The summed E-state index contributed by atoms with van der Waals surface area (Å²) in [6, 6.07) is 7.42. The van der Waals surface area contributed by atoms with Gasteiger partial charge in [0.1, 0.15) is 11.5 Å². The summed E-state index contributed by atoms with van der Waals surface area (Å²) in [5, 5.41) is 4.36. The van der Waals surface area contributed by atoms with Crippen molar-refractivity contribution in [2.45, 2.75) is 37.6 Å². The molecule has 1 aliphatic heterocycles. The normalized spacial score (nSPS) is 15.9. The van der Waals surface area contributed by atoms with Crippen LogP contribution in [0.1, 0.15) is 32.3 Å². The van der Waals surface area contributed by atoms with E-state index < -0.39 is 21.3 Å². The number of aromatic nitrogens is 5. The van der Waals surface area contributed by atoms with E-state index in [-0.39, 0.29) is 51.0 Å². The zero-order valence-corrected chi connectivity index (χ0v) is 24.9. The van der Waals surface area contributed by atoms with Gasteiger partial charge in [0.05, 0.1) is 21.7 Å². The molecule has 1 amide bonds. The number of halogens is 1. The predicted octanol–water partition coefficient (Wildman–Crippen LogP) is 3.07. The third kappa shape index (κ3) is 4.97. The van der Waals surface area contributed by atoms with Crippen molar-refractivity contribution in [1.82, 2.24) is 29.2 Å². The number of sulfone groups is 1. The molecule has 0 spiro atoms. The summed E-state index contributed by atoms with van der Waals surface area (Å²) < 4.78 is 44.5. The average Bonchev–Trinajstić information content (AvgIpc) is 3.36. The Labute approximate surface area is 242 Å². The SMILES string of the molecule is C=CC(=O)N1CCN(c2nc(=O)n(-c3c(C(C)C)cccc3S(C)(=O)=O)c3nc(-c4ccnn4C)c(F)cc23)[C@@H](C)C1. The molecule has 0 bridgehead atoms. The lowest BCUT2D eigenvalue weighted by molar-refractivity contribution is -0.126. The first-order valence-corrected chi connectivity index (χ1v) is 15.4. The van der Waals surface area contributed by atoms with Crippen LogP contribution in [0.4, 0.5) is 10.2 Å². The molecule has 1 aliphatic rings. The van der Waals surface area contributed by atoms with E-state index in [1.54, 1.807) is 30.1 Å². The van der Waals surface area contributed by atoms with Gasteiger partial charge >= 0.3 is 5.69 Å². The van der Waals surface area contributed by atoms with Crippen molar-refractivity contribution in [2.75, 3.05) is 30.8 Å². The van der Waals surface area contributed by atoms with Gasteiger partial charge in [0.25, 0.3) is 0 Å². The Balaban J connectivity index is 1.87. The zero-order chi connectivity index (χ0) is 30.5. The lowest BCUT2D eigenvalue weighted by Crippen LogP contribution is -2.54. The first-order chi connectivity index (χ1) is 19.8. The number of fused-ring (bicyclic) bond motifs is 1. The zero-order valence-electron chi connectivity index (χ0n) is 24.1. The second-order valence-electron chi connectivity index (χ2n) is 10.7.